The number of fused-ring (bicyclic) bond motifs is 1. The van der Waals surface area contributed by atoms with Gasteiger partial charge in [-0.3, -0.25) is 4.79 Å². The highest BCUT2D eigenvalue weighted by Gasteiger charge is 2.39. The van der Waals surface area contributed by atoms with Crippen LogP contribution in [0.25, 0.3) is 0 Å². The number of piperidine rings is 2. The molecular weight excluding hydrogens is 180 g/mol. The first-order valence-corrected chi connectivity index (χ1v) is 5.33. The first-order valence-electron chi connectivity index (χ1n) is 5.33. The molecule has 0 aromatic heterocycles. The molecule has 2 N–H and O–H groups in total. The van der Waals surface area contributed by atoms with Gasteiger partial charge < -0.3 is 15.3 Å². The number of nitrogens with one attached hydrogen (secondary N) is 1. The van der Waals surface area contributed by atoms with Crippen molar-refractivity contribution in [2.75, 3.05) is 26.7 Å². The lowest BCUT2D eigenvalue weighted by atomic mass is 9.76. The van der Waals surface area contributed by atoms with Gasteiger partial charge >= 0.3 is 5.97 Å². The molecule has 4 heteroatoms. The molecule has 0 amide bonds. The largest absolute Gasteiger partial charge is 0.481 e. The first-order chi connectivity index (χ1) is 6.68. The second-order valence-corrected chi connectivity index (χ2v) is 4.51. The van der Waals surface area contributed by atoms with E-state index in [0.717, 1.165) is 32.5 Å². The van der Waals surface area contributed by atoms with E-state index in [9.17, 15) is 4.79 Å². The lowest BCUT2D eigenvalue weighted by molar-refractivity contribution is -0.146. The third-order valence-corrected chi connectivity index (χ3v) is 3.57. The summed E-state index contributed by atoms with van der Waals surface area (Å²) < 4.78 is 0. The van der Waals surface area contributed by atoms with Crippen LogP contribution in [0.2, 0.25) is 0 Å². The van der Waals surface area contributed by atoms with Crippen LogP contribution >= 0.6 is 0 Å². The van der Waals surface area contributed by atoms with Gasteiger partial charge in [0.1, 0.15) is 0 Å². The van der Waals surface area contributed by atoms with Crippen molar-refractivity contribution in [3.63, 3.8) is 0 Å². The molecule has 80 valence electrons. The van der Waals surface area contributed by atoms with Crippen molar-refractivity contribution >= 4 is 5.97 Å². The van der Waals surface area contributed by atoms with Gasteiger partial charge in [0.25, 0.3) is 0 Å². The number of hydrogen-bond donors (Lipinski definition) is 2. The number of nitrogens with zero attached hydrogens (tertiary/aromatic N) is 1. The molecule has 0 spiro atoms. The summed E-state index contributed by atoms with van der Waals surface area (Å²) in [5, 5.41) is 12.5. The Kier molecular flexibility index (Phi) is 2.74. The maximum Gasteiger partial charge on any atom is 0.306 e. The van der Waals surface area contributed by atoms with Crippen molar-refractivity contribution in [1.82, 2.24) is 10.2 Å². The molecule has 2 fully saturated rings. The highest BCUT2D eigenvalue weighted by Crippen LogP contribution is 2.30. The third-order valence-electron chi connectivity index (χ3n) is 3.57. The second kappa shape index (κ2) is 3.87. The fourth-order valence-electron chi connectivity index (χ4n) is 2.78. The topological polar surface area (TPSA) is 52.6 Å². The van der Waals surface area contributed by atoms with Crippen molar-refractivity contribution in [2.24, 2.45) is 11.8 Å². The van der Waals surface area contributed by atoms with E-state index >= 15 is 0 Å². The van der Waals surface area contributed by atoms with Gasteiger partial charge in [-0.1, -0.05) is 0 Å². The van der Waals surface area contributed by atoms with Crippen LogP contribution in [0.15, 0.2) is 0 Å². The molecular formula is C10H18N2O2. The fraction of sp³-hybridized carbons (Fsp3) is 0.900. The van der Waals surface area contributed by atoms with Crippen LogP contribution in [0.3, 0.4) is 0 Å². The van der Waals surface area contributed by atoms with E-state index in [0.29, 0.717) is 12.0 Å². The molecule has 0 aromatic rings. The number of likely N-dealkylation sites (tertiary alicyclic amines) is 1. The Morgan fingerprint density at radius 3 is 3.00 bits per heavy atom. The van der Waals surface area contributed by atoms with Crippen molar-refractivity contribution in [3.05, 3.63) is 0 Å². The van der Waals surface area contributed by atoms with Crippen LogP contribution < -0.4 is 5.32 Å². The van der Waals surface area contributed by atoms with Crippen molar-refractivity contribution in [1.29, 1.82) is 0 Å². The van der Waals surface area contributed by atoms with E-state index in [1.807, 2.05) is 0 Å². The number of rotatable bonds is 1. The standard InChI is InChI=1S/C10H18N2O2/c1-12-5-3-7-8(10(13)14)2-4-11-9(7)6-12/h7-9,11H,2-6H2,1H3,(H,13,14). The van der Waals surface area contributed by atoms with Gasteiger partial charge in [-0.2, -0.15) is 0 Å². The number of hydrogen-bond acceptors (Lipinski definition) is 3. The van der Waals surface area contributed by atoms with Gasteiger partial charge in [0.05, 0.1) is 5.92 Å². The summed E-state index contributed by atoms with van der Waals surface area (Å²) in [5.41, 5.74) is 0. The number of carboxylic acids is 1. The van der Waals surface area contributed by atoms with Gasteiger partial charge in [0.15, 0.2) is 0 Å². The van der Waals surface area contributed by atoms with Gasteiger partial charge in [0, 0.05) is 12.6 Å². The molecule has 0 bridgehead atoms. The molecule has 2 aliphatic rings. The van der Waals surface area contributed by atoms with Gasteiger partial charge in [-0.25, -0.2) is 0 Å². The van der Waals surface area contributed by atoms with E-state index in [2.05, 4.69) is 17.3 Å². The Hall–Kier alpha value is -0.610. The molecule has 4 nitrogen and oxygen atoms in total. The summed E-state index contributed by atoms with van der Waals surface area (Å²) >= 11 is 0. The summed E-state index contributed by atoms with van der Waals surface area (Å²) in [7, 11) is 2.10. The Morgan fingerprint density at radius 1 is 1.50 bits per heavy atom. The predicted octanol–water partition coefficient (Wildman–Crippen LogP) is 0.000800. The number of carboxylic acid groups (broad SMARTS) is 1. The van der Waals surface area contributed by atoms with Gasteiger partial charge in [-0.15, -0.1) is 0 Å². The van der Waals surface area contributed by atoms with Gasteiger partial charge in [-0.05, 0) is 38.9 Å². The zero-order chi connectivity index (χ0) is 10.1. The minimum absolute atomic E-state index is 0.116. The third kappa shape index (κ3) is 1.77. The SMILES string of the molecule is CN1CCC2C(C1)NCCC2C(=O)O. The average molecular weight is 198 g/mol. The highest BCUT2D eigenvalue weighted by atomic mass is 16.4. The smallest absolute Gasteiger partial charge is 0.306 e. The minimum Gasteiger partial charge on any atom is -0.481 e. The summed E-state index contributed by atoms with van der Waals surface area (Å²) in [4.78, 5) is 13.3. The number of likely N-dealkylation sites (N-methyl/N-ethyl adjacent to an activating group) is 1. The lowest BCUT2D eigenvalue weighted by Crippen LogP contribution is -2.56. The Bertz CT molecular complexity index is 232. The maximum atomic E-state index is 11.0. The molecule has 2 saturated heterocycles. The second-order valence-electron chi connectivity index (χ2n) is 4.51. The van der Waals surface area contributed by atoms with Crippen molar-refractivity contribution in [3.8, 4) is 0 Å². The van der Waals surface area contributed by atoms with E-state index in [-0.39, 0.29) is 5.92 Å². The Morgan fingerprint density at radius 2 is 2.29 bits per heavy atom. The molecule has 0 saturated carbocycles. The zero-order valence-electron chi connectivity index (χ0n) is 8.57. The normalized spacial score (nSPS) is 39.1. The van der Waals surface area contributed by atoms with Crippen LogP contribution in [-0.4, -0.2) is 48.7 Å². The first kappa shape index (κ1) is 9.93. The number of aliphatic carboxylic acids is 1. The summed E-state index contributed by atoms with van der Waals surface area (Å²) in [5.74, 6) is -0.376. The summed E-state index contributed by atoms with van der Waals surface area (Å²) in [6.45, 7) is 2.88. The molecule has 0 radical (unpaired) electrons. The minimum atomic E-state index is -0.606. The fourth-order valence-corrected chi connectivity index (χ4v) is 2.78. The molecule has 0 aromatic carbocycles. The van der Waals surface area contributed by atoms with E-state index in [4.69, 9.17) is 5.11 Å². The van der Waals surface area contributed by atoms with Crippen LogP contribution in [0.5, 0.6) is 0 Å². The summed E-state index contributed by atoms with van der Waals surface area (Å²) in [6.07, 6.45) is 1.81. The van der Waals surface area contributed by atoms with E-state index in [1.54, 1.807) is 0 Å². The molecule has 3 atom stereocenters. The Labute approximate surface area is 84.3 Å². The maximum absolute atomic E-state index is 11.0. The summed E-state index contributed by atoms with van der Waals surface area (Å²) in [6, 6.07) is 0.392. The van der Waals surface area contributed by atoms with E-state index in [1.165, 1.54) is 0 Å². The molecule has 2 rings (SSSR count). The van der Waals surface area contributed by atoms with Gasteiger partial charge in [0.2, 0.25) is 0 Å². The van der Waals surface area contributed by atoms with Crippen LogP contribution in [0.4, 0.5) is 0 Å². The molecule has 3 unspecified atom stereocenters. The monoisotopic (exact) mass is 198 g/mol. The Balaban J connectivity index is 2.06. The van der Waals surface area contributed by atoms with Crippen molar-refractivity contribution < 1.29 is 9.90 Å². The average Bonchev–Trinajstić information content (AvgIpc) is 2.16. The highest BCUT2D eigenvalue weighted by molar-refractivity contribution is 5.70. The van der Waals surface area contributed by atoms with Crippen LogP contribution in [0, 0.1) is 11.8 Å². The van der Waals surface area contributed by atoms with Crippen LogP contribution in [0.1, 0.15) is 12.8 Å². The molecule has 2 heterocycles. The zero-order valence-corrected chi connectivity index (χ0v) is 8.57. The lowest BCUT2D eigenvalue weighted by Gasteiger charge is -2.43. The molecule has 0 aliphatic carbocycles. The van der Waals surface area contributed by atoms with Crippen LogP contribution in [-0.2, 0) is 4.79 Å². The predicted molar refractivity (Wildman–Crippen MR) is 53.1 cm³/mol. The van der Waals surface area contributed by atoms with E-state index < -0.39 is 5.97 Å². The van der Waals surface area contributed by atoms with Crippen molar-refractivity contribution in [2.45, 2.75) is 18.9 Å². The molecule has 2 aliphatic heterocycles. The molecule has 14 heavy (non-hydrogen) atoms. The number of carbonyl (C=O) groups is 1. The quantitative estimate of drug-likeness (QED) is 0.623.